The molecule has 1 aromatic rings. The SMILES string of the molecule is COc1cc(OC)c(OC)cc1CNC(=O)CN1CCC(C(=O)NC(C)C(C)C)CC1. The Labute approximate surface area is 185 Å². The maximum Gasteiger partial charge on any atom is 0.234 e. The number of nitrogens with zero attached hydrogens (tertiary/aromatic N) is 1. The number of nitrogens with one attached hydrogen (secondary N) is 2. The molecule has 8 nitrogen and oxygen atoms in total. The lowest BCUT2D eigenvalue weighted by Gasteiger charge is -2.31. The van der Waals surface area contributed by atoms with Gasteiger partial charge in [-0.25, -0.2) is 0 Å². The van der Waals surface area contributed by atoms with Crippen LogP contribution in [-0.2, 0) is 16.1 Å². The van der Waals surface area contributed by atoms with Crippen LogP contribution in [0.3, 0.4) is 0 Å². The maximum atomic E-state index is 12.5. The lowest BCUT2D eigenvalue weighted by atomic mass is 9.95. The number of carbonyl (C=O) groups is 2. The molecule has 2 amide bonds. The average molecular weight is 436 g/mol. The van der Waals surface area contributed by atoms with E-state index in [9.17, 15) is 9.59 Å². The summed E-state index contributed by atoms with van der Waals surface area (Å²) in [5, 5.41) is 6.05. The minimum absolute atomic E-state index is 0.0246. The Kier molecular flexibility index (Phi) is 9.43. The molecule has 0 saturated carbocycles. The van der Waals surface area contributed by atoms with Crippen LogP contribution in [-0.4, -0.2) is 63.7 Å². The monoisotopic (exact) mass is 435 g/mol. The van der Waals surface area contributed by atoms with Crippen LogP contribution < -0.4 is 24.8 Å². The van der Waals surface area contributed by atoms with Crippen molar-refractivity contribution < 1.29 is 23.8 Å². The Morgan fingerprint density at radius 3 is 2.13 bits per heavy atom. The molecule has 1 aliphatic rings. The molecule has 174 valence electrons. The Balaban J connectivity index is 1.82. The Bertz CT molecular complexity index is 745. The van der Waals surface area contributed by atoms with Gasteiger partial charge in [-0.05, 0) is 44.8 Å². The van der Waals surface area contributed by atoms with Crippen molar-refractivity contribution in [2.75, 3.05) is 41.0 Å². The number of carbonyl (C=O) groups excluding carboxylic acids is 2. The fraction of sp³-hybridized carbons (Fsp3) is 0.652. The molecule has 1 unspecified atom stereocenters. The molecule has 1 aromatic carbocycles. The molecule has 0 spiro atoms. The fourth-order valence-corrected chi connectivity index (χ4v) is 3.55. The third-order valence-corrected chi connectivity index (χ3v) is 5.96. The molecule has 1 saturated heterocycles. The van der Waals surface area contributed by atoms with Crippen molar-refractivity contribution in [1.82, 2.24) is 15.5 Å². The van der Waals surface area contributed by atoms with Gasteiger partial charge >= 0.3 is 0 Å². The standard InChI is InChI=1S/C23H37N3O5/c1-15(2)16(3)25-23(28)17-7-9-26(10-8-17)14-22(27)24-13-18-11-20(30-5)21(31-6)12-19(18)29-4/h11-12,15-17H,7-10,13-14H2,1-6H3,(H,24,27)(H,25,28). The van der Waals surface area contributed by atoms with E-state index in [-0.39, 0.29) is 23.8 Å². The molecule has 0 aliphatic carbocycles. The highest BCUT2D eigenvalue weighted by molar-refractivity contribution is 5.79. The van der Waals surface area contributed by atoms with Gasteiger partial charge in [-0.15, -0.1) is 0 Å². The molecular formula is C23H37N3O5. The lowest BCUT2D eigenvalue weighted by molar-refractivity contribution is -0.127. The predicted octanol–water partition coefficient (Wildman–Crippen LogP) is 2.20. The largest absolute Gasteiger partial charge is 0.496 e. The molecule has 1 atom stereocenters. The molecule has 2 rings (SSSR count). The van der Waals surface area contributed by atoms with Crippen LogP contribution in [0.4, 0.5) is 0 Å². The molecular weight excluding hydrogens is 398 g/mol. The lowest BCUT2D eigenvalue weighted by Crippen LogP contribution is -2.46. The van der Waals surface area contributed by atoms with Gasteiger partial charge in [-0.1, -0.05) is 13.8 Å². The van der Waals surface area contributed by atoms with Gasteiger partial charge in [0.25, 0.3) is 0 Å². The molecule has 1 fully saturated rings. The number of hydrogen-bond acceptors (Lipinski definition) is 6. The van der Waals surface area contributed by atoms with Crippen LogP contribution in [0.15, 0.2) is 12.1 Å². The van der Waals surface area contributed by atoms with Crippen LogP contribution in [0.1, 0.15) is 39.2 Å². The van der Waals surface area contributed by atoms with Crippen molar-refractivity contribution in [3.63, 3.8) is 0 Å². The molecule has 0 radical (unpaired) electrons. The maximum absolute atomic E-state index is 12.5. The average Bonchev–Trinajstić information content (AvgIpc) is 2.77. The van der Waals surface area contributed by atoms with Crippen LogP contribution >= 0.6 is 0 Å². The molecule has 1 heterocycles. The van der Waals surface area contributed by atoms with Gasteiger partial charge in [0.15, 0.2) is 11.5 Å². The normalized spacial score (nSPS) is 16.0. The van der Waals surface area contributed by atoms with Gasteiger partial charge in [0, 0.05) is 30.1 Å². The molecule has 2 N–H and O–H groups in total. The van der Waals surface area contributed by atoms with Crippen LogP contribution in [0.5, 0.6) is 17.2 Å². The predicted molar refractivity (Wildman–Crippen MR) is 120 cm³/mol. The number of ether oxygens (including phenoxy) is 3. The first-order valence-electron chi connectivity index (χ1n) is 10.9. The topological polar surface area (TPSA) is 89.1 Å². The molecule has 8 heteroatoms. The first-order chi connectivity index (χ1) is 14.8. The molecule has 0 aromatic heterocycles. The summed E-state index contributed by atoms with van der Waals surface area (Å²) in [5.41, 5.74) is 0.808. The third-order valence-electron chi connectivity index (χ3n) is 5.96. The highest BCUT2D eigenvalue weighted by atomic mass is 16.5. The number of methoxy groups -OCH3 is 3. The summed E-state index contributed by atoms with van der Waals surface area (Å²) in [6, 6.07) is 3.72. The highest BCUT2D eigenvalue weighted by Gasteiger charge is 2.27. The molecule has 31 heavy (non-hydrogen) atoms. The zero-order valence-electron chi connectivity index (χ0n) is 19.6. The van der Waals surface area contributed by atoms with Crippen molar-refractivity contribution in [2.24, 2.45) is 11.8 Å². The minimum Gasteiger partial charge on any atom is -0.496 e. The van der Waals surface area contributed by atoms with Crippen molar-refractivity contribution in [3.8, 4) is 17.2 Å². The summed E-state index contributed by atoms with van der Waals surface area (Å²) in [4.78, 5) is 27.0. The summed E-state index contributed by atoms with van der Waals surface area (Å²) in [6.07, 6.45) is 1.54. The van der Waals surface area contributed by atoms with Gasteiger partial charge < -0.3 is 24.8 Å². The van der Waals surface area contributed by atoms with Crippen LogP contribution in [0.25, 0.3) is 0 Å². The number of hydrogen-bond donors (Lipinski definition) is 2. The molecule has 1 aliphatic heterocycles. The van der Waals surface area contributed by atoms with Gasteiger partial charge in [0.05, 0.1) is 27.9 Å². The number of piperidine rings is 1. The summed E-state index contributed by atoms with van der Waals surface area (Å²) >= 11 is 0. The smallest absolute Gasteiger partial charge is 0.234 e. The first kappa shape index (κ1) is 24.8. The number of benzene rings is 1. The van der Waals surface area contributed by atoms with E-state index in [0.717, 1.165) is 31.5 Å². The van der Waals surface area contributed by atoms with E-state index in [4.69, 9.17) is 14.2 Å². The van der Waals surface area contributed by atoms with E-state index in [1.165, 1.54) is 0 Å². The van der Waals surface area contributed by atoms with E-state index in [0.29, 0.717) is 36.3 Å². The van der Waals surface area contributed by atoms with Crippen molar-refractivity contribution in [1.29, 1.82) is 0 Å². The Hall–Kier alpha value is -2.48. The van der Waals surface area contributed by atoms with Crippen molar-refractivity contribution in [3.05, 3.63) is 17.7 Å². The Morgan fingerprint density at radius 2 is 1.58 bits per heavy atom. The van der Waals surface area contributed by atoms with Crippen molar-refractivity contribution >= 4 is 11.8 Å². The second-order valence-electron chi connectivity index (χ2n) is 8.39. The fourth-order valence-electron chi connectivity index (χ4n) is 3.55. The third kappa shape index (κ3) is 7.02. The Morgan fingerprint density at radius 1 is 1.00 bits per heavy atom. The summed E-state index contributed by atoms with van der Waals surface area (Å²) in [5.74, 6) is 2.29. The van der Waals surface area contributed by atoms with E-state index >= 15 is 0 Å². The number of likely N-dealkylation sites (tertiary alicyclic amines) is 1. The van der Waals surface area contributed by atoms with Gasteiger partial charge in [0.1, 0.15) is 5.75 Å². The minimum atomic E-state index is -0.0619. The number of rotatable bonds is 10. The van der Waals surface area contributed by atoms with E-state index in [1.807, 2.05) is 6.92 Å². The second-order valence-corrected chi connectivity index (χ2v) is 8.39. The van der Waals surface area contributed by atoms with E-state index < -0.39 is 0 Å². The van der Waals surface area contributed by atoms with Crippen LogP contribution in [0, 0.1) is 11.8 Å². The number of amides is 2. The van der Waals surface area contributed by atoms with Gasteiger partial charge in [0.2, 0.25) is 11.8 Å². The quantitative estimate of drug-likeness (QED) is 0.586. The van der Waals surface area contributed by atoms with E-state index in [1.54, 1.807) is 33.5 Å². The second kappa shape index (κ2) is 11.8. The summed E-state index contributed by atoms with van der Waals surface area (Å²) in [6.45, 7) is 8.35. The highest BCUT2D eigenvalue weighted by Crippen LogP contribution is 2.34. The van der Waals surface area contributed by atoms with Gasteiger partial charge in [-0.3, -0.25) is 14.5 Å². The first-order valence-corrected chi connectivity index (χ1v) is 10.9. The zero-order valence-corrected chi connectivity index (χ0v) is 19.6. The summed E-state index contributed by atoms with van der Waals surface area (Å²) in [7, 11) is 4.71. The summed E-state index contributed by atoms with van der Waals surface area (Å²) < 4.78 is 16.0. The van der Waals surface area contributed by atoms with Crippen molar-refractivity contribution in [2.45, 2.75) is 46.2 Å². The molecule has 0 bridgehead atoms. The van der Waals surface area contributed by atoms with E-state index in [2.05, 4.69) is 29.4 Å². The van der Waals surface area contributed by atoms with Gasteiger partial charge in [-0.2, -0.15) is 0 Å². The zero-order chi connectivity index (χ0) is 23.0. The van der Waals surface area contributed by atoms with Crippen LogP contribution in [0.2, 0.25) is 0 Å².